The summed E-state index contributed by atoms with van der Waals surface area (Å²) in [7, 11) is 2.09. The number of aromatic nitrogens is 2. The summed E-state index contributed by atoms with van der Waals surface area (Å²) in [5, 5.41) is 4.04. The first-order valence-electron chi connectivity index (χ1n) is 7.48. The van der Waals surface area contributed by atoms with Crippen LogP contribution < -0.4 is 0 Å². The molecule has 4 heteroatoms. The van der Waals surface area contributed by atoms with Gasteiger partial charge in [0.15, 0.2) is 5.82 Å². The van der Waals surface area contributed by atoms with Crippen molar-refractivity contribution in [2.24, 2.45) is 0 Å². The monoisotopic (exact) mass is 287 g/mol. The molecule has 21 heavy (non-hydrogen) atoms. The van der Waals surface area contributed by atoms with Gasteiger partial charge in [-0.1, -0.05) is 42.8 Å². The zero-order chi connectivity index (χ0) is 15.6. The molecule has 1 atom stereocenters. The van der Waals surface area contributed by atoms with Crippen LogP contribution in [0.25, 0.3) is 0 Å². The Kier molecular flexibility index (Phi) is 4.78. The molecule has 0 fully saturated rings. The SMILES string of the molecule is Cc1ccc(CN(C)C(C)c2nc(C(C)C)no2)c(C)c1. The number of hydrogen-bond donors (Lipinski definition) is 0. The summed E-state index contributed by atoms with van der Waals surface area (Å²) >= 11 is 0. The Balaban J connectivity index is 2.09. The lowest BCUT2D eigenvalue weighted by molar-refractivity contribution is 0.202. The molecule has 1 unspecified atom stereocenters. The second-order valence-electron chi connectivity index (χ2n) is 6.17. The van der Waals surface area contributed by atoms with Crippen molar-refractivity contribution in [3.8, 4) is 0 Å². The lowest BCUT2D eigenvalue weighted by Gasteiger charge is -2.22. The maximum atomic E-state index is 5.39. The van der Waals surface area contributed by atoms with Crippen molar-refractivity contribution < 1.29 is 4.52 Å². The second-order valence-corrected chi connectivity index (χ2v) is 6.17. The van der Waals surface area contributed by atoms with E-state index in [1.54, 1.807) is 0 Å². The molecule has 2 aromatic rings. The van der Waals surface area contributed by atoms with Gasteiger partial charge in [-0.05, 0) is 38.9 Å². The van der Waals surface area contributed by atoms with Crippen LogP contribution in [0, 0.1) is 13.8 Å². The van der Waals surface area contributed by atoms with E-state index in [0.717, 1.165) is 12.4 Å². The second kappa shape index (κ2) is 6.39. The first-order valence-corrected chi connectivity index (χ1v) is 7.48. The van der Waals surface area contributed by atoms with Gasteiger partial charge in [0.2, 0.25) is 5.89 Å². The van der Waals surface area contributed by atoms with Gasteiger partial charge in [-0.25, -0.2) is 0 Å². The number of aryl methyl sites for hydroxylation is 2. The van der Waals surface area contributed by atoms with Gasteiger partial charge in [-0.2, -0.15) is 4.98 Å². The number of hydrogen-bond acceptors (Lipinski definition) is 4. The van der Waals surface area contributed by atoms with Crippen molar-refractivity contribution >= 4 is 0 Å². The van der Waals surface area contributed by atoms with Gasteiger partial charge in [0.1, 0.15) is 0 Å². The van der Waals surface area contributed by atoms with Crippen LogP contribution in [-0.4, -0.2) is 22.1 Å². The molecule has 1 heterocycles. The predicted octanol–water partition coefficient (Wildman–Crippen LogP) is 4.00. The maximum Gasteiger partial charge on any atom is 0.243 e. The van der Waals surface area contributed by atoms with Crippen molar-refractivity contribution in [3.05, 3.63) is 46.6 Å². The Morgan fingerprint density at radius 3 is 2.48 bits per heavy atom. The van der Waals surface area contributed by atoms with E-state index in [1.165, 1.54) is 16.7 Å². The molecule has 0 amide bonds. The van der Waals surface area contributed by atoms with Crippen LogP contribution in [-0.2, 0) is 6.54 Å². The fraction of sp³-hybridized carbons (Fsp3) is 0.529. The fourth-order valence-electron chi connectivity index (χ4n) is 2.27. The normalized spacial score (nSPS) is 13.1. The first kappa shape index (κ1) is 15.7. The maximum absolute atomic E-state index is 5.39. The van der Waals surface area contributed by atoms with Gasteiger partial charge >= 0.3 is 0 Å². The number of benzene rings is 1. The van der Waals surface area contributed by atoms with Gasteiger partial charge in [-0.3, -0.25) is 4.90 Å². The van der Waals surface area contributed by atoms with Crippen LogP contribution in [0.5, 0.6) is 0 Å². The average Bonchev–Trinajstić information content (AvgIpc) is 2.90. The quantitative estimate of drug-likeness (QED) is 0.833. The molecule has 0 saturated carbocycles. The van der Waals surface area contributed by atoms with Gasteiger partial charge in [0.05, 0.1) is 6.04 Å². The third-order valence-corrected chi connectivity index (χ3v) is 3.91. The zero-order valence-electron chi connectivity index (χ0n) is 13.8. The fourth-order valence-corrected chi connectivity index (χ4v) is 2.27. The topological polar surface area (TPSA) is 42.2 Å². The molecule has 4 nitrogen and oxygen atoms in total. The zero-order valence-corrected chi connectivity index (χ0v) is 13.8. The molecule has 0 spiro atoms. The van der Waals surface area contributed by atoms with Crippen LogP contribution >= 0.6 is 0 Å². The van der Waals surface area contributed by atoms with E-state index >= 15 is 0 Å². The summed E-state index contributed by atoms with van der Waals surface area (Å²) < 4.78 is 5.39. The van der Waals surface area contributed by atoms with Crippen LogP contribution in [0.4, 0.5) is 0 Å². The molecular formula is C17H25N3O. The minimum Gasteiger partial charge on any atom is -0.338 e. The highest BCUT2D eigenvalue weighted by molar-refractivity contribution is 5.30. The van der Waals surface area contributed by atoms with E-state index in [9.17, 15) is 0 Å². The van der Waals surface area contributed by atoms with E-state index in [1.807, 2.05) is 0 Å². The molecular weight excluding hydrogens is 262 g/mol. The largest absolute Gasteiger partial charge is 0.338 e. The molecule has 1 aromatic carbocycles. The van der Waals surface area contributed by atoms with Crippen LogP contribution in [0.3, 0.4) is 0 Å². The highest BCUT2D eigenvalue weighted by Gasteiger charge is 2.20. The standard InChI is InChI=1S/C17H25N3O/c1-11(2)16-18-17(21-19-16)14(5)20(6)10-15-8-7-12(3)9-13(15)4/h7-9,11,14H,10H2,1-6H3. The van der Waals surface area contributed by atoms with Crippen molar-refractivity contribution in [3.63, 3.8) is 0 Å². The predicted molar refractivity (Wildman–Crippen MR) is 84.2 cm³/mol. The summed E-state index contributed by atoms with van der Waals surface area (Å²) in [6.07, 6.45) is 0. The van der Waals surface area contributed by atoms with Gasteiger partial charge in [0.25, 0.3) is 0 Å². The minimum atomic E-state index is 0.103. The van der Waals surface area contributed by atoms with E-state index in [0.29, 0.717) is 11.8 Å². The third-order valence-electron chi connectivity index (χ3n) is 3.91. The minimum absolute atomic E-state index is 0.103. The van der Waals surface area contributed by atoms with Crippen molar-refractivity contribution in [2.75, 3.05) is 7.05 Å². The van der Waals surface area contributed by atoms with Crippen molar-refractivity contribution in [1.82, 2.24) is 15.0 Å². The Morgan fingerprint density at radius 1 is 1.19 bits per heavy atom. The van der Waals surface area contributed by atoms with Crippen LogP contribution in [0.1, 0.15) is 61.1 Å². The van der Waals surface area contributed by atoms with Gasteiger partial charge < -0.3 is 4.52 Å². The van der Waals surface area contributed by atoms with E-state index in [4.69, 9.17) is 4.52 Å². The molecule has 0 N–H and O–H groups in total. The average molecular weight is 287 g/mol. The molecule has 1 aromatic heterocycles. The van der Waals surface area contributed by atoms with Crippen molar-refractivity contribution in [2.45, 2.75) is 53.1 Å². The summed E-state index contributed by atoms with van der Waals surface area (Å²) in [6, 6.07) is 6.67. The molecule has 0 aliphatic heterocycles. The molecule has 0 bridgehead atoms. The highest BCUT2D eigenvalue weighted by Crippen LogP contribution is 2.22. The smallest absolute Gasteiger partial charge is 0.243 e. The summed E-state index contributed by atoms with van der Waals surface area (Å²) in [5.41, 5.74) is 3.95. The first-order chi connectivity index (χ1) is 9.88. The molecule has 0 aliphatic carbocycles. The van der Waals surface area contributed by atoms with Crippen molar-refractivity contribution in [1.29, 1.82) is 0 Å². The van der Waals surface area contributed by atoms with E-state index < -0.39 is 0 Å². The van der Waals surface area contributed by atoms with Gasteiger partial charge in [-0.15, -0.1) is 0 Å². The molecule has 0 saturated heterocycles. The Labute approximate surface area is 127 Å². The molecule has 2 rings (SSSR count). The third kappa shape index (κ3) is 3.70. The number of nitrogens with zero attached hydrogens (tertiary/aromatic N) is 3. The lowest BCUT2D eigenvalue weighted by Crippen LogP contribution is -2.22. The Hall–Kier alpha value is -1.68. The van der Waals surface area contributed by atoms with E-state index in [2.05, 4.69) is 74.9 Å². The summed E-state index contributed by atoms with van der Waals surface area (Å²) in [6.45, 7) is 11.4. The highest BCUT2D eigenvalue weighted by atomic mass is 16.5. The molecule has 0 radical (unpaired) electrons. The summed E-state index contributed by atoms with van der Waals surface area (Å²) in [5.74, 6) is 1.75. The summed E-state index contributed by atoms with van der Waals surface area (Å²) in [4.78, 5) is 6.72. The van der Waals surface area contributed by atoms with Gasteiger partial charge in [0, 0.05) is 12.5 Å². The lowest BCUT2D eigenvalue weighted by atomic mass is 10.0. The number of rotatable bonds is 5. The van der Waals surface area contributed by atoms with Crippen LogP contribution in [0.2, 0.25) is 0 Å². The van der Waals surface area contributed by atoms with Crippen LogP contribution in [0.15, 0.2) is 22.7 Å². The molecule has 0 aliphatic rings. The van der Waals surface area contributed by atoms with E-state index in [-0.39, 0.29) is 6.04 Å². The molecule has 114 valence electrons. The Morgan fingerprint density at radius 2 is 1.90 bits per heavy atom. The Bertz CT molecular complexity index is 604.